The van der Waals surface area contributed by atoms with Crippen LogP contribution in [0.15, 0.2) is 12.2 Å². The first kappa shape index (κ1) is 15.0. The van der Waals surface area contributed by atoms with Gasteiger partial charge in [0.2, 0.25) is 0 Å². The third kappa shape index (κ3) is 2.16. The van der Waals surface area contributed by atoms with Crippen molar-refractivity contribution in [1.82, 2.24) is 0 Å². The van der Waals surface area contributed by atoms with E-state index in [0.29, 0.717) is 0 Å². The maximum atomic E-state index is 4.56. The summed E-state index contributed by atoms with van der Waals surface area (Å²) in [6.45, 7) is 14.2. The zero-order valence-corrected chi connectivity index (χ0v) is 14.4. The van der Waals surface area contributed by atoms with Gasteiger partial charge in [0.05, 0.1) is 5.41 Å². The molecule has 0 saturated heterocycles. The van der Waals surface area contributed by atoms with Crippen molar-refractivity contribution in [2.24, 2.45) is 5.41 Å². The van der Waals surface area contributed by atoms with E-state index in [1.54, 1.807) is 5.33 Å². The molecule has 0 bridgehead atoms. The van der Waals surface area contributed by atoms with E-state index in [-0.39, 0.29) is 11.0 Å². The second kappa shape index (κ2) is 4.58. The van der Waals surface area contributed by atoms with Gasteiger partial charge in [-0.1, -0.05) is 32.6 Å². The van der Waals surface area contributed by atoms with Gasteiger partial charge in [-0.15, -0.1) is 0 Å². The number of thiol groups is 1. The Morgan fingerprint density at radius 1 is 1.29 bits per heavy atom. The first-order valence-electron chi connectivity index (χ1n) is 6.54. The molecule has 0 heterocycles. The summed E-state index contributed by atoms with van der Waals surface area (Å²) in [6, 6.07) is 0. The van der Waals surface area contributed by atoms with Gasteiger partial charge in [0, 0.05) is 19.1 Å². The van der Waals surface area contributed by atoms with Crippen LogP contribution in [-0.2, 0) is 0 Å². The second-order valence-electron chi connectivity index (χ2n) is 6.58. The van der Waals surface area contributed by atoms with Crippen LogP contribution in [0.5, 0.6) is 0 Å². The minimum atomic E-state index is -1.22. The van der Waals surface area contributed by atoms with Crippen molar-refractivity contribution in [1.29, 1.82) is 0 Å². The Morgan fingerprint density at radius 2 is 1.82 bits per heavy atom. The van der Waals surface area contributed by atoms with E-state index in [1.807, 2.05) is 0 Å². The first-order valence-corrected chi connectivity index (χ1v) is 10.7. The molecular formula is C14H28NSSi+. The lowest BCUT2D eigenvalue weighted by molar-refractivity contribution is -0.590. The van der Waals surface area contributed by atoms with E-state index in [9.17, 15) is 0 Å². The molecule has 0 fully saturated rings. The smallest absolute Gasteiger partial charge is 0.189 e. The van der Waals surface area contributed by atoms with Crippen molar-refractivity contribution in [2.75, 3.05) is 12.8 Å². The van der Waals surface area contributed by atoms with Crippen LogP contribution in [-0.4, -0.2) is 36.3 Å². The van der Waals surface area contributed by atoms with Crippen LogP contribution in [0.25, 0.3) is 0 Å². The zero-order chi connectivity index (χ0) is 13.5. The lowest BCUT2D eigenvalue weighted by Crippen LogP contribution is -2.60. The monoisotopic (exact) mass is 270 g/mol. The number of rotatable bonds is 4. The molecule has 3 heteroatoms. The molecule has 0 saturated carbocycles. The average molecular weight is 271 g/mol. The summed E-state index contributed by atoms with van der Waals surface area (Å²) in [7, 11) is 1.04. The molecule has 2 atom stereocenters. The Labute approximate surface area is 113 Å². The Balaban J connectivity index is 3.28. The molecule has 0 aromatic carbocycles. The minimum Gasteiger partial charge on any atom is -0.235 e. The molecule has 1 nitrogen and oxygen atoms in total. The van der Waals surface area contributed by atoms with Gasteiger partial charge in [0.15, 0.2) is 13.6 Å². The van der Waals surface area contributed by atoms with Gasteiger partial charge in [0.25, 0.3) is 0 Å². The average Bonchev–Trinajstić information content (AvgIpc) is 2.25. The molecular weight excluding hydrogens is 242 g/mol. The van der Waals surface area contributed by atoms with Gasteiger partial charge >= 0.3 is 0 Å². The quantitative estimate of drug-likeness (QED) is 0.261. The maximum Gasteiger partial charge on any atom is 0.189 e. The number of hydrogen-bond acceptors (Lipinski definition) is 1. The Hall–Kier alpha value is -0.0231. The van der Waals surface area contributed by atoms with E-state index < -0.39 is 8.07 Å². The molecule has 17 heavy (non-hydrogen) atoms. The normalized spacial score (nSPS) is 34.4. The van der Waals surface area contributed by atoms with Gasteiger partial charge in [0.1, 0.15) is 12.4 Å². The minimum absolute atomic E-state index is 0.180. The van der Waals surface area contributed by atoms with Crippen LogP contribution >= 0.6 is 12.6 Å². The van der Waals surface area contributed by atoms with Gasteiger partial charge in [-0.2, -0.15) is 12.6 Å². The fourth-order valence-corrected chi connectivity index (χ4v) is 4.39. The predicted octanol–water partition coefficient (Wildman–Crippen LogP) is 3.62. The van der Waals surface area contributed by atoms with E-state index in [1.165, 1.54) is 0 Å². The summed E-state index contributed by atoms with van der Waals surface area (Å²) < 4.78 is 2.54. The summed E-state index contributed by atoms with van der Waals surface area (Å²) in [5, 5.41) is 1.58. The van der Waals surface area contributed by atoms with Crippen molar-refractivity contribution in [3.8, 4) is 0 Å². The van der Waals surface area contributed by atoms with Gasteiger partial charge in [-0.25, -0.2) is 4.58 Å². The summed E-state index contributed by atoms with van der Waals surface area (Å²) in [4.78, 5) is 0. The predicted molar refractivity (Wildman–Crippen MR) is 84.3 cm³/mol. The standard InChI is InChI=1S/C14H27NSSi/c1-8-14(10-9-13(14,3)11-16)15(4)12(2)17(5,6)7/h9-10H,8,11H2,1-7H3/p+1. The van der Waals surface area contributed by atoms with E-state index in [0.717, 1.165) is 12.2 Å². The third-order valence-electron chi connectivity index (χ3n) is 4.77. The molecule has 1 aliphatic carbocycles. The zero-order valence-electron chi connectivity index (χ0n) is 12.5. The lowest BCUT2D eigenvalue weighted by atomic mass is 9.61. The molecule has 0 radical (unpaired) electrons. The molecule has 0 spiro atoms. The van der Waals surface area contributed by atoms with Crippen molar-refractivity contribution < 1.29 is 4.58 Å². The van der Waals surface area contributed by atoms with Crippen molar-refractivity contribution in [3.05, 3.63) is 12.2 Å². The fourth-order valence-electron chi connectivity index (χ4n) is 2.81. The highest BCUT2D eigenvalue weighted by Crippen LogP contribution is 2.48. The summed E-state index contributed by atoms with van der Waals surface area (Å²) in [5.41, 5.74) is 0.389. The van der Waals surface area contributed by atoms with E-state index in [2.05, 4.69) is 76.8 Å². The number of likely N-dealkylation sites (N-methyl/N-ethyl adjacent to an activating group) is 1. The topological polar surface area (TPSA) is 3.01 Å². The van der Waals surface area contributed by atoms with Crippen molar-refractivity contribution >= 4 is 26.0 Å². The maximum absolute atomic E-state index is 4.56. The van der Waals surface area contributed by atoms with E-state index in [4.69, 9.17) is 0 Å². The van der Waals surface area contributed by atoms with Crippen LogP contribution in [0.3, 0.4) is 0 Å². The molecule has 2 unspecified atom stereocenters. The Morgan fingerprint density at radius 3 is 2.06 bits per heavy atom. The Bertz CT molecular complexity index is 367. The molecule has 0 N–H and O–H groups in total. The SMILES string of the molecule is CCC1([N+](C)=C(C)[Si](C)(C)C)C=CC1(C)CS. The molecule has 98 valence electrons. The lowest BCUT2D eigenvalue weighted by Gasteiger charge is -2.47. The van der Waals surface area contributed by atoms with Crippen LogP contribution < -0.4 is 0 Å². The summed E-state index contributed by atoms with van der Waals surface area (Å²) in [6.07, 6.45) is 5.86. The highest BCUT2D eigenvalue weighted by atomic mass is 32.1. The van der Waals surface area contributed by atoms with Crippen LogP contribution in [0.2, 0.25) is 19.6 Å². The largest absolute Gasteiger partial charge is 0.235 e. The highest BCUT2D eigenvalue weighted by Gasteiger charge is 2.57. The first-order chi connectivity index (χ1) is 7.64. The van der Waals surface area contributed by atoms with Gasteiger partial charge < -0.3 is 0 Å². The van der Waals surface area contributed by atoms with Crippen molar-refractivity contribution in [2.45, 2.75) is 52.4 Å². The van der Waals surface area contributed by atoms with Crippen LogP contribution in [0.4, 0.5) is 0 Å². The molecule has 1 aliphatic rings. The van der Waals surface area contributed by atoms with Crippen LogP contribution in [0, 0.1) is 5.41 Å². The molecule has 0 aromatic rings. The van der Waals surface area contributed by atoms with E-state index >= 15 is 0 Å². The van der Waals surface area contributed by atoms with Crippen LogP contribution in [0.1, 0.15) is 27.2 Å². The molecule has 0 amide bonds. The Kier molecular flexibility index (Phi) is 4.05. The fraction of sp³-hybridized carbons (Fsp3) is 0.786. The number of nitrogens with zero attached hydrogens (tertiary/aromatic N) is 1. The number of hydrogen-bond donors (Lipinski definition) is 1. The molecule has 0 aliphatic heterocycles. The molecule has 0 aromatic heterocycles. The van der Waals surface area contributed by atoms with Crippen molar-refractivity contribution in [3.63, 3.8) is 0 Å². The second-order valence-corrected chi connectivity index (χ2v) is 12.1. The van der Waals surface area contributed by atoms with Gasteiger partial charge in [-0.3, -0.25) is 0 Å². The third-order valence-corrected chi connectivity index (χ3v) is 7.93. The summed E-state index contributed by atoms with van der Waals surface area (Å²) in [5.74, 6) is 0.917. The highest BCUT2D eigenvalue weighted by molar-refractivity contribution is 7.80. The van der Waals surface area contributed by atoms with Gasteiger partial charge in [-0.05, 0) is 13.0 Å². The summed E-state index contributed by atoms with van der Waals surface area (Å²) >= 11 is 4.56. The molecule has 1 rings (SSSR count).